The van der Waals surface area contributed by atoms with Gasteiger partial charge in [0.25, 0.3) is 0 Å². The molecule has 1 aliphatic heterocycles. The van der Waals surface area contributed by atoms with Crippen LogP contribution in [0.4, 0.5) is 14.4 Å². The van der Waals surface area contributed by atoms with Gasteiger partial charge in [-0.1, -0.05) is 3.89 Å². The topological polar surface area (TPSA) is 102 Å². The van der Waals surface area contributed by atoms with E-state index >= 15 is 0 Å². The molecule has 0 aliphatic carbocycles. The number of nitrogens with zero attached hydrogens (tertiary/aromatic N) is 2. The summed E-state index contributed by atoms with van der Waals surface area (Å²) in [6.45, 7) is 8.51. The molecule has 0 aromatic heterocycles. The molecular formula is C18H25FN2O7S. The number of carbonyl (C=O) groups excluding carboxylic acids is 2. The van der Waals surface area contributed by atoms with Crippen LogP contribution in [0.3, 0.4) is 0 Å². The van der Waals surface area contributed by atoms with Crippen molar-refractivity contribution in [1.82, 2.24) is 4.90 Å². The van der Waals surface area contributed by atoms with Crippen molar-refractivity contribution in [3.8, 4) is 5.75 Å². The monoisotopic (exact) mass is 432 g/mol. The molecule has 0 spiro atoms. The zero-order valence-corrected chi connectivity index (χ0v) is 17.8. The van der Waals surface area contributed by atoms with Gasteiger partial charge in [0.05, 0.1) is 12.7 Å². The zero-order valence-electron chi connectivity index (χ0n) is 17.0. The summed E-state index contributed by atoms with van der Waals surface area (Å²) in [5, 5.41) is 0. The molecule has 1 aliphatic rings. The fourth-order valence-electron chi connectivity index (χ4n) is 2.94. The molecule has 11 heteroatoms. The molecule has 0 bridgehead atoms. The number of amides is 1. The van der Waals surface area contributed by atoms with Gasteiger partial charge in [0.1, 0.15) is 11.4 Å². The Labute approximate surface area is 169 Å². The number of benzene rings is 1. The molecule has 0 radical (unpaired) electrons. The summed E-state index contributed by atoms with van der Waals surface area (Å²) in [4.78, 5) is 27.7. The first-order chi connectivity index (χ1) is 13.3. The Hall–Kier alpha value is -2.56. The first kappa shape index (κ1) is 22.7. The van der Waals surface area contributed by atoms with Crippen molar-refractivity contribution < 1.29 is 35.5 Å². The van der Waals surface area contributed by atoms with Gasteiger partial charge in [-0.25, -0.2) is 9.59 Å². The van der Waals surface area contributed by atoms with Gasteiger partial charge in [0.15, 0.2) is 0 Å². The Bertz CT molecular complexity index is 888. The Morgan fingerprint density at radius 1 is 1.10 bits per heavy atom. The average molecular weight is 432 g/mol. The molecule has 1 saturated heterocycles. The highest BCUT2D eigenvalue weighted by Gasteiger charge is 2.28. The average Bonchev–Trinajstić information content (AvgIpc) is 2.60. The molecule has 162 valence electrons. The minimum Gasteiger partial charge on any atom is -0.465 e. The van der Waals surface area contributed by atoms with Crippen LogP contribution in [0.5, 0.6) is 5.75 Å². The number of halogens is 1. The lowest BCUT2D eigenvalue weighted by Crippen LogP contribution is -2.50. The summed E-state index contributed by atoms with van der Waals surface area (Å²) in [5.41, 5.74) is 0.448. The Balaban J connectivity index is 2.27. The summed E-state index contributed by atoms with van der Waals surface area (Å²) in [5.74, 6) is -1.05. The van der Waals surface area contributed by atoms with Crippen molar-refractivity contribution >= 4 is 28.3 Å². The van der Waals surface area contributed by atoms with Crippen molar-refractivity contribution in [2.75, 3.05) is 38.2 Å². The molecular weight excluding hydrogens is 407 g/mol. The van der Waals surface area contributed by atoms with Crippen LogP contribution in [-0.4, -0.2) is 64.3 Å². The SMILES string of the molecule is COC(=O)c1cc(OS(=O)(=O)F)cc(N2CCN(C(=O)OC(C)(C)C)CC2)c1C. The standard InChI is InChI=1S/C18H25FN2O7S/c1-12-14(16(22)26-5)10-13(28-29(19,24)25)11-15(12)20-6-8-21(9-7-20)17(23)27-18(2,3)4/h10-11H,6-9H2,1-5H3. The predicted molar refractivity (Wildman–Crippen MR) is 103 cm³/mol. The van der Waals surface area contributed by atoms with Crippen LogP contribution in [0.25, 0.3) is 0 Å². The molecule has 0 atom stereocenters. The maximum absolute atomic E-state index is 13.0. The molecule has 0 saturated carbocycles. The fraction of sp³-hybridized carbons (Fsp3) is 0.556. The summed E-state index contributed by atoms with van der Waals surface area (Å²) in [7, 11) is -4.08. The fourth-order valence-corrected chi connectivity index (χ4v) is 3.27. The van der Waals surface area contributed by atoms with E-state index < -0.39 is 28.2 Å². The molecule has 1 aromatic carbocycles. The van der Waals surface area contributed by atoms with Crippen LogP contribution in [-0.2, 0) is 20.0 Å². The molecule has 1 amide bonds. The second-order valence-corrected chi connectivity index (χ2v) is 8.49. The minimum atomic E-state index is -5.26. The first-order valence-electron chi connectivity index (χ1n) is 8.90. The number of carbonyl (C=O) groups is 2. The summed E-state index contributed by atoms with van der Waals surface area (Å²) >= 11 is 0. The van der Waals surface area contributed by atoms with Crippen LogP contribution < -0.4 is 9.08 Å². The first-order valence-corrected chi connectivity index (χ1v) is 10.2. The lowest BCUT2D eigenvalue weighted by molar-refractivity contribution is 0.0240. The van der Waals surface area contributed by atoms with Crippen LogP contribution in [0.15, 0.2) is 12.1 Å². The van der Waals surface area contributed by atoms with E-state index in [1.165, 1.54) is 13.2 Å². The van der Waals surface area contributed by atoms with E-state index in [2.05, 4.69) is 4.18 Å². The van der Waals surface area contributed by atoms with Gasteiger partial charge in [-0.05, 0) is 39.3 Å². The third-order valence-electron chi connectivity index (χ3n) is 4.23. The maximum atomic E-state index is 13.0. The molecule has 9 nitrogen and oxygen atoms in total. The van der Waals surface area contributed by atoms with Crippen LogP contribution >= 0.6 is 0 Å². The van der Waals surface area contributed by atoms with E-state index in [1.807, 2.05) is 4.90 Å². The van der Waals surface area contributed by atoms with Crippen molar-refractivity contribution in [2.24, 2.45) is 0 Å². The van der Waals surface area contributed by atoms with E-state index in [9.17, 15) is 21.9 Å². The minimum absolute atomic E-state index is 0.0539. The zero-order chi connectivity index (χ0) is 22.0. The van der Waals surface area contributed by atoms with E-state index in [4.69, 9.17) is 9.47 Å². The molecule has 1 fully saturated rings. The second-order valence-electron chi connectivity index (χ2n) is 7.54. The Morgan fingerprint density at radius 2 is 1.69 bits per heavy atom. The van der Waals surface area contributed by atoms with Gasteiger partial charge in [0.2, 0.25) is 0 Å². The molecule has 1 aromatic rings. The molecule has 29 heavy (non-hydrogen) atoms. The third-order valence-corrected chi connectivity index (χ3v) is 4.62. The number of hydrogen-bond acceptors (Lipinski definition) is 8. The van der Waals surface area contributed by atoms with Crippen molar-refractivity contribution in [3.63, 3.8) is 0 Å². The van der Waals surface area contributed by atoms with Crippen LogP contribution in [0.1, 0.15) is 36.7 Å². The van der Waals surface area contributed by atoms with Gasteiger partial charge in [-0.3, -0.25) is 0 Å². The van der Waals surface area contributed by atoms with E-state index in [-0.39, 0.29) is 11.3 Å². The molecule has 0 unspecified atom stereocenters. The summed E-state index contributed by atoms with van der Waals surface area (Å²) < 4.78 is 49.2. The van der Waals surface area contributed by atoms with Crippen molar-refractivity contribution in [2.45, 2.75) is 33.3 Å². The number of methoxy groups -OCH3 is 1. The Kier molecular flexibility index (Phi) is 6.61. The lowest BCUT2D eigenvalue weighted by Gasteiger charge is -2.37. The number of anilines is 1. The normalized spacial score (nSPS) is 15.1. The molecule has 1 heterocycles. The third kappa shape index (κ3) is 6.21. The van der Waals surface area contributed by atoms with Crippen LogP contribution in [0.2, 0.25) is 0 Å². The molecule has 0 N–H and O–H groups in total. The number of esters is 1. The van der Waals surface area contributed by atoms with Gasteiger partial charge in [-0.15, -0.1) is 0 Å². The summed E-state index contributed by atoms with van der Waals surface area (Å²) in [6, 6.07) is 2.45. The van der Waals surface area contributed by atoms with Crippen molar-refractivity contribution in [3.05, 3.63) is 23.3 Å². The van der Waals surface area contributed by atoms with E-state index in [0.717, 1.165) is 6.07 Å². The smallest absolute Gasteiger partial charge is 0.465 e. The van der Waals surface area contributed by atoms with Gasteiger partial charge in [-0.2, -0.15) is 8.42 Å². The number of hydrogen-bond donors (Lipinski definition) is 0. The van der Waals surface area contributed by atoms with Gasteiger partial charge >= 0.3 is 22.6 Å². The number of rotatable bonds is 4. The van der Waals surface area contributed by atoms with Crippen LogP contribution in [0, 0.1) is 6.92 Å². The van der Waals surface area contributed by atoms with Gasteiger partial charge < -0.3 is 23.5 Å². The highest BCUT2D eigenvalue weighted by molar-refractivity contribution is 7.81. The van der Waals surface area contributed by atoms with Gasteiger partial charge in [0, 0.05) is 37.9 Å². The maximum Gasteiger partial charge on any atom is 0.488 e. The number of ether oxygens (including phenoxy) is 2. The van der Waals surface area contributed by atoms with E-state index in [0.29, 0.717) is 37.4 Å². The largest absolute Gasteiger partial charge is 0.488 e. The summed E-state index contributed by atoms with van der Waals surface area (Å²) in [6.07, 6.45) is -0.426. The second kappa shape index (κ2) is 8.44. The van der Waals surface area contributed by atoms with E-state index in [1.54, 1.807) is 32.6 Å². The number of piperazine rings is 1. The highest BCUT2D eigenvalue weighted by Crippen LogP contribution is 2.31. The molecule has 2 rings (SSSR count). The quantitative estimate of drug-likeness (QED) is 0.528. The Morgan fingerprint density at radius 3 is 2.17 bits per heavy atom. The lowest BCUT2D eigenvalue weighted by atomic mass is 10.0. The predicted octanol–water partition coefficient (Wildman–Crippen LogP) is 2.43. The van der Waals surface area contributed by atoms with Crippen molar-refractivity contribution in [1.29, 1.82) is 0 Å². The highest BCUT2D eigenvalue weighted by atomic mass is 32.3.